The minimum absolute atomic E-state index is 0.0185. The van der Waals surface area contributed by atoms with Gasteiger partial charge < -0.3 is 35.0 Å². The summed E-state index contributed by atoms with van der Waals surface area (Å²) in [5.41, 5.74) is 6.44. The van der Waals surface area contributed by atoms with E-state index >= 15 is 0 Å². The maximum atomic E-state index is 14.2. The minimum atomic E-state index is -1.27. The highest BCUT2D eigenvalue weighted by Crippen LogP contribution is 2.40. The topological polar surface area (TPSA) is 161 Å². The molecule has 3 atom stereocenters. The molecule has 14 heteroatoms. The van der Waals surface area contributed by atoms with Crippen molar-refractivity contribution in [3.8, 4) is 28.7 Å². The van der Waals surface area contributed by atoms with Crippen molar-refractivity contribution in [3.05, 3.63) is 147 Å². The van der Waals surface area contributed by atoms with Crippen LogP contribution in [0, 0.1) is 11.3 Å². The number of nitrogens with zero attached hydrogens (tertiary/aromatic N) is 3. The second-order valence-corrected chi connectivity index (χ2v) is 16.2. The lowest BCUT2D eigenvalue weighted by molar-refractivity contribution is -0.142. The Morgan fingerprint density at radius 1 is 0.869 bits per heavy atom. The summed E-state index contributed by atoms with van der Waals surface area (Å²) in [5, 5.41) is 26.0. The van der Waals surface area contributed by atoms with E-state index in [0.717, 1.165) is 47.1 Å². The third-order valence-electron chi connectivity index (χ3n) is 11.3. The molecule has 3 heterocycles. The average Bonchev–Trinajstić information content (AvgIpc) is 3.28. The van der Waals surface area contributed by atoms with Gasteiger partial charge in [-0.05, 0) is 101 Å². The van der Waals surface area contributed by atoms with Crippen molar-refractivity contribution < 1.29 is 33.8 Å². The zero-order valence-electron chi connectivity index (χ0n) is 32.9. The van der Waals surface area contributed by atoms with Crippen molar-refractivity contribution in [2.45, 2.75) is 63.4 Å². The first kappa shape index (κ1) is 41.2. The predicted octanol–water partition coefficient (Wildman–Crippen LogP) is 8.33. The van der Waals surface area contributed by atoms with Gasteiger partial charge in [0.1, 0.15) is 30.2 Å². The number of hydrogen-bond acceptors (Lipinski definition) is 7. The molecule has 4 amide bonds. The Morgan fingerprint density at radius 2 is 1.56 bits per heavy atom. The standard InChI is InChI=1S/C47H41Cl2N5O7/c48-37-17-8-30(20-38(37)49)27-60-36-15-13-33(14-16-36)43-45(56)51-39-22-34-23-41(54(26-35(34)24-42(39)61-43)47(59)53-18-2-1-3-19-53)44(55)52-40(46(57)58)21-28-4-9-31(10-5-28)32-11-6-29(25-50)7-12-32/h4-17,20,22,24,40-41,43H,1-3,18-19,21,23,26-27H2,(H,51,56)(H,52,55)(H,57,58)/t40?,41-,43-/m0/s1. The van der Waals surface area contributed by atoms with Gasteiger partial charge in [-0.15, -0.1) is 0 Å². The number of piperidine rings is 1. The highest BCUT2D eigenvalue weighted by Gasteiger charge is 2.40. The van der Waals surface area contributed by atoms with E-state index in [0.29, 0.717) is 57.0 Å². The number of ether oxygens (including phenoxy) is 2. The highest BCUT2D eigenvalue weighted by molar-refractivity contribution is 6.42. The van der Waals surface area contributed by atoms with Gasteiger partial charge in [-0.1, -0.05) is 77.8 Å². The van der Waals surface area contributed by atoms with Gasteiger partial charge in [-0.25, -0.2) is 9.59 Å². The fraction of sp³-hybridized carbons (Fsp3) is 0.255. The van der Waals surface area contributed by atoms with Crippen molar-refractivity contribution >= 4 is 52.7 Å². The number of rotatable bonds is 10. The second kappa shape index (κ2) is 18.0. The van der Waals surface area contributed by atoms with Gasteiger partial charge in [-0.2, -0.15) is 5.26 Å². The zero-order valence-corrected chi connectivity index (χ0v) is 34.4. The van der Waals surface area contributed by atoms with Crippen LogP contribution in [0.5, 0.6) is 11.5 Å². The first-order chi connectivity index (χ1) is 29.5. The van der Waals surface area contributed by atoms with E-state index in [1.165, 1.54) is 4.90 Å². The number of anilines is 1. The number of carboxylic acids is 1. The summed E-state index contributed by atoms with van der Waals surface area (Å²) in [6.07, 6.45) is 1.88. The number of urea groups is 1. The summed E-state index contributed by atoms with van der Waals surface area (Å²) in [6.45, 7) is 1.48. The summed E-state index contributed by atoms with van der Waals surface area (Å²) in [5.74, 6) is -1.16. The van der Waals surface area contributed by atoms with E-state index in [-0.39, 0.29) is 37.9 Å². The van der Waals surface area contributed by atoms with Gasteiger partial charge in [0.05, 0.1) is 27.4 Å². The SMILES string of the molecule is N#Cc1ccc(-c2ccc(CC(NC(=O)[C@@H]3Cc4cc5c(cc4CN3C(=O)N3CCCCC3)O[C@@H](c3ccc(OCc4ccc(Cl)c(Cl)c4)cc3)C(=O)N5)C(=O)O)cc2)cc1. The van der Waals surface area contributed by atoms with Crippen molar-refractivity contribution in [2.75, 3.05) is 18.4 Å². The molecule has 3 aliphatic rings. The van der Waals surface area contributed by atoms with E-state index in [1.807, 2.05) is 42.5 Å². The number of likely N-dealkylation sites (tertiary alicyclic amines) is 1. The fourth-order valence-electron chi connectivity index (χ4n) is 7.92. The zero-order chi connectivity index (χ0) is 42.6. The van der Waals surface area contributed by atoms with Gasteiger partial charge in [0.25, 0.3) is 5.91 Å². The number of nitriles is 1. The lowest BCUT2D eigenvalue weighted by Crippen LogP contribution is -2.58. The van der Waals surface area contributed by atoms with Gasteiger partial charge in [0.2, 0.25) is 12.0 Å². The molecule has 1 fully saturated rings. The van der Waals surface area contributed by atoms with E-state index in [1.54, 1.807) is 65.6 Å². The van der Waals surface area contributed by atoms with Crippen LogP contribution in [0.15, 0.2) is 103 Å². The molecule has 61 heavy (non-hydrogen) atoms. The first-order valence-corrected chi connectivity index (χ1v) is 20.8. The molecule has 0 spiro atoms. The number of nitrogens with one attached hydrogen (secondary N) is 2. The highest BCUT2D eigenvalue weighted by atomic mass is 35.5. The average molecular weight is 859 g/mol. The number of halogens is 2. The van der Waals surface area contributed by atoms with E-state index in [9.17, 15) is 24.3 Å². The predicted molar refractivity (Wildman–Crippen MR) is 229 cm³/mol. The Kier molecular flexibility index (Phi) is 12.1. The molecule has 310 valence electrons. The fourth-order valence-corrected chi connectivity index (χ4v) is 8.24. The second-order valence-electron chi connectivity index (χ2n) is 15.4. The van der Waals surface area contributed by atoms with E-state index < -0.39 is 30.1 Å². The van der Waals surface area contributed by atoms with E-state index in [2.05, 4.69) is 16.7 Å². The Bertz CT molecular complexity index is 2520. The number of aliphatic carboxylic acids is 1. The Balaban J connectivity index is 0.981. The van der Waals surface area contributed by atoms with Crippen molar-refractivity contribution in [1.82, 2.24) is 15.1 Å². The third kappa shape index (κ3) is 9.28. The Hall–Kier alpha value is -6.55. The lowest BCUT2D eigenvalue weighted by atomic mass is 9.91. The van der Waals surface area contributed by atoms with Crippen LogP contribution in [-0.4, -0.2) is 63.9 Å². The molecule has 5 aromatic carbocycles. The van der Waals surface area contributed by atoms with Crippen LogP contribution in [0.4, 0.5) is 10.5 Å². The monoisotopic (exact) mass is 857 g/mol. The number of amides is 4. The molecule has 12 nitrogen and oxygen atoms in total. The van der Waals surface area contributed by atoms with Gasteiger partial charge >= 0.3 is 12.0 Å². The lowest BCUT2D eigenvalue weighted by Gasteiger charge is -2.41. The molecule has 0 radical (unpaired) electrons. The number of hydrogen-bond donors (Lipinski definition) is 3. The van der Waals surface area contributed by atoms with Gasteiger partial charge in [0, 0.05) is 38.0 Å². The summed E-state index contributed by atoms with van der Waals surface area (Å²) < 4.78 is 12.2. The van der Waals surface area contributed by atoms with Crippen molar-refractivity contribution in [3.63, 3.8) is 0 Å². The summed E-state index contributed by atoms with van der Waals surface area (Å²) in [6, 6.07) is 29.9. The quantitative estimate of drug-likeness (QED) is 0.126. The summed E-state index contributed by atoms with van der Waals surface area (Å²) in [7, 11) is 0. The molecule has 8 rings (SSSR count). The molecule has 0 saturated carbocycles. The molecule has 1 saturated heterocycles. The number of fused-ring (bicyclic) bond motifs is 2. The molecule has 0 bridgehead atoms. The normalized spacial score (nSPS) is 17.4. The molecule has 3 aliphatic heterocycles. The third-order valence-corrected chi connectivity index (χ3v) is 12.0. The maximum Gasteiger partial charge on any atom is 0.326 e. The Labute approximate surface area is 362 Å². The van der Waals surface area contributed by atoms with Crippen molar-refractivity contribution in [1.29, 1.82) is 5.26 Å². The maximum absolute atomic E-state index is 14.2. The summed E-state index contributed by atoms with van der Waals surface area (Å²) in [4.78, 5) is 57.6. The van der Waals surface area contributed by atoms with Gasteiger partial charge in [-0.3, -0.25) is 9.59 Å². The first-order valence-electron chi connectivity index (χ1n) is 20.0. The van der Waals surface area contributed by atoms with Crippen LogP contribution in [-0.2, 0) is 40.4 Å². The number of carbonyl (C=O) groups is 4. The number of benzene rings is 5. The van der Waals surface area contributed by atoms with Crippen LogP contribution in [0.3, 0.4) is 0 Å². The van der Waals surface area contributed by atoms with Crippen LogP contribution in [0.1, 0.15) is 58.7 Å². The van der Waals surface area contributed by atoms with Gasteiger partial charge in [0.15, 0.2) is 0 Å². The molecule has 3 N–H and O–H groups in total. The Morgan fingerprint density at radius 3 is 2.23 bits per heavy atom. The smallest absolute Gasteiger partial charge is 0.326 e. The molecular formula is C47H41Cl2N5O7. The van der Waals surface area contributed by atoms with Crippen molar-refractivity contribution in [2.24, 2.45) is 0 Å². The molecule has 1 unspecified atom stereocenters. The molecular weight excluding hydrogens is 817 g/mol. The number of carboxylic acid groups (broad SMARTS) is 1. The minimum Gasteiger partial charge on any atom is -0.489 e. The summed E-state index contributed by atoms with van der Waals surface area (Å²) >= 11 is 12.2. The van der Waals surface area contributed by atoms with E-state index in [4.69, 9.17) is 37.9 Å². The largest absolute Gasteiger partial charge is 0.489 e. The van der Waals surface area contributed by atoms with Crippen LogP contribution in [0.2, 0.25) is 10.0 Å². The van der Waals surface area contributed by atoms with Crippen LogP contribution < -0.4 is 20.1 Å². The molecule has 5 aromatic rings. The van der Waals surface area contributed by atoms with Crippen LogP contribution in [0.25, 0.3) is 11.1 Å². The number of carbonyl (C=O) groups excluding carboxylic acids is 3. The van der Waals surface area contributed by atoms with Crippen LogP contribution >= 0.6 is 23.2 Å². The molecule has 0 aromatic heterocycles. The molecule has 0 aliphatic carbocycles.